The molecule has 29 heavy (non-hydrogen) atoms. The maximum atomic E-state index is 12.8. The summed E-state index contributed by atoms with van der Waals surface area (Å²) in [6, 6.07) is 14.3. The lowest BCUT2D eigenvalue weighted by Crippen LogP contribution is -2.42. The van der Waals surface area contributed by atoms with E-state index in [1.165, 1.54) is 17.3 Å². The fourth-order valence-corrected chi connectivity index (χ4v) is 4.39. The molecular weight excluding hydrogens is 384 g/mol. The number of hydrogen-bond acceptors (Lipinski definition) is 6. The van der Waals surface area contributed by atoms with Crippen LogP contribution in [0.3, 0.4) is 0 Å². The zero-order valence-corrected chi connectivity index (χ0v) is 17.2. The molecule has 1 fully saturated rings. The molecule has 0 saturated carbocycles. The average molecular weight is 409 g/mol. The summed E-state index contributed by atoms with van der Waals surface area (Å²) in [5.74, 6) is 1.19. The minimum Gasteiger partial charge on any atom is -0.411 e. The lowest BCUT2D eigenvalue weighted by Gasteiger charge is -2.33. The highest BCUT2D eigenvalue weighted by molar-refractivity contribution is 8.00. The molecule has 150 valence electrons. The largest absolute Gasteiger partial charge is 0.411 e. The molecule has 0 aliphatic carbocycles. The SMILES string of the molecule is C[C@H](Sc1nnc(-c2cccnc2)o1)C(=O)N1CCC(Cc2ccccc2)CC1. The van der Waals surface area contributed by atoms with Gasteiger partial charge in [-0.15, -0.1) is 10.2 Å². The Hall–Kier alpha value is -2.67. The van der Waals surface area contributed by atoms with Gasteiger partial charge >= 0.3 is 0 Å². The van der Waals surface area contributed by atoms with E-state index in [1.807, 2.05) is 30.0 Å². The first-order valence-electron chi connectivity index (χ1n) is 9.92. The molecule has 3 aromatic rings. The van der Waals surface area contributed by atoms with Gasteiger partial charge in [-0.2, -0.15) is 0 Å². The highest BCUT2D eigenvalue weighted by Gasteiger charge is 2.27. The van der Waals surface area contributed by atoms with Crippen LogP contribution in [0.5, 0.6) is 0 Å². The number of amides is 1. The van der Waals surface area contributed by atoms with E-state index in [9.17, 15) is 4.79 Å². The molecule has 0 unspecified atom stereocenters. The molecule has 4 rings (SSSR count). The first kappa shape index (κ1) is 19.6. The molecule has 6 nitrogen and oxygen atoms in total. The summed E-state index contributed by atoms with van der Waals surface area (Å²) in [7, 11) is 0. The van der Waals surface area contributed by atoms with Crippen LogP contribution in [0.15, 0.2) is 64.5 Å². The highest BCUT2D eigenvalue weighted by atomic mass is 32.2. The Labute approximate surface area is 174 Å². The van der Waals surface area contributed by atoms with Crippen LogP contribution < -0.4 is 0 Å². The van der Waals surface area contributed by atoms with Gasteiger partial charge in [0.25, 0.3) is 5.22 Å². The Kier molecular flexibility index (Phi) is 6.24. The van der Waals surface area contributed by atoms with Gasteiger partial charge in [0.2, 0.25) is 11.8 Å². The predicted octanol–water partition coefficient (Wildman–Crippen LogP) is 4.09. The number of rotatable bonds is 6. The lowest BCUT2D eigenvalue weighted by molar-refractivity contribution is -0.131. The molecule has 1 aliphatic rings. The first-order chi connectivity index (χ1) is 14.2. The van der Waals surface area contributed by atoms with Crippen molar-refractivity contribution in [2.75, 3.05) is 13.1 Å². The second-order valence-corrected chi connectivity index (χ2v) is 8.63. The van der Waals surface area contributed by atoms with Gasteiger partial charge in [-0.3, -0.25) is 9.78 Å². The minimum atomic E-state index is -0.261. The quantitative estimate of drug-likeness (QED) is 0.572. The fourth-order valence-electron chi connectivity index (χ4n) is 3.63. The molecular formula is C22H24N4O2S. The second kappa shape index (κ2) is 9.22. The molecule has 2 aromatic heterocycles. The van der Waals surface area contributed by atoms with Gasteiger partial charge < -0.3 is 9.32 Å². The molecule has 0 N–H and O–H groups in total. The third-order valence-corrected chi connectivity index (χ3v) is 6.16. The monoisotopic (exact) mass is 408 g/mol. The molecule has 1 aromatic carbocycles. The molecule has 0 bridgehead atoms. The minimum absolute atomic E-state index is 0.134. The van der Waals surface area contributed by atoms with Crippen LogP contribution in [-0.2, 0) is 11.2 Å². The molecule has 0 spiro atoms. The predicted molar refractivity (Wildman–Crippen MR) is 112 cm³/mol. The van der Waals surface area contributed by atoms with Gasteiger partial charge in [-0.1, -0.05) is 42.1 Å². The van der Waals surface area contributed by atoms with Gasteiger partial charge in [0.1, 0.15) is 0 Å². The number of hydrogen-bond donors (Lipinski definition) is 0. The van der Waals surface area contributed by atoms with Gasteiger partial charge in [0.05, 0.1) is 10.8 Å². The van der Waals surface area contributed by atoms with Crippen LogP contribution in [0.4, 0.5) is 0 Å². The standard InChI is InChI=1S/C22H24N4O2S/c1-16(29-22-25-24-20(28-22)19-8-5-11-23-15-19)21(27)26-12-9-18(10-13-26)14-17-6-3-2-4-7-17/h2-8,11,15-16,18H,9-10,12-14H2,1H3/t16-/m0/s1. The maximum Gasteiger partial charge on any atom is 0.277 e. The number of likely N-dealkylation sites (tertiary alicyclic amines) is 1. The first-order valence-corrected chi connectivity index (χ1v) is 10.8. The van der Waals surface area contributed by atoms with Gasteiger partial charge in [0, 0.05) is 25.5 Å². The summed E-state index contributed by atoms with van der Waals surface area (Å²) in [5, 5.41) is 8.27. The maximum absolute atomic E-state index is 12.8. The molecule has 1 saturated heterocycles. The molecule has 1 amide bonds. The molecule has 1 aliphatic heterocycles. The molecule has 0 radical (unpaired) electrons. The third kappa shape index (κ3) is 5.03. The Morgan fingerprint density at radius 2 is 1.97 bits per heavy atom. The second-order valence-electron chi connectivity index (χ2n) is 7.33. The Balaban J connectivity index is 1.28. The molecule has 3 heterocycles. The Bertz CT molecular complexity index is 924. The highest BCUT2D eigenvalue weighted by Crippen LogP contribution is 2.28. The van der Waals surface area contributed by atoms with E-state index in [-0.39, 0.29) is 11.2 Å². The van der Waals surface area contributed by atoms with Crippen LogP contribution in [0, 0.1) is 5.92 Å². The average Bonchev–Trinajstić information content (AvgIpc) is 3.23. The van der Waals surface area contributed by atoms with E-state index in [1.54, 1.807) is 12.4 Å². The van der Waals surface area contributed by atoms with Crippen molar-refractivity contribution in [3.05, 3.63) is 60.4 Å². The van der Waals surface area contributed by atoms with Crippen LogP contribution in [0.1, 0.15) is 25.3 Å². The number of benzene rings is 1. The molecule has 7 heteroatoms. The number of carbonyl (C=O) groups excluding carboxylic acids is 1. The van der Waals surface area contributed by atoms with Crippen molar-refractivity contribution in [2.24, 2.45) is 5.92 Å². The smallest absolute Gasteiger partial charge is 0.277 e. The molecule has 1 atom stereocenters. The summed E-state index contributed by atoms with van der Waals surface area (Å²) in [6.45, 7) is 3.52. The van der Waals surface area contributed by atoms with E-state index in [0.29, 0.717) is 17.0 Å². The van der Waals surface area contributed by atoms with Crippen molar-refractivity contribution >= 4 is 17.7 Å². The van der Waals surface area contributed by atoms with E-state index in [4.69, 9.17) is 4.42 Å². The topological polar surface area (TPSA) is 72.1 Å². The van der Waals surface area contributed by atoms with Gasteiger partial charge in [0.15, 0.2) is 0 Å². The normalized spacial score (nSPS) is 16.0. The van der Waals surface area contributed by atoms with E-state index < -0.39 is 0 Å². The Morgan fingerprint density at radius 1 is 1.17 bits per heavy atom. The van der Waals surface area contributed by atoms with Gasteiger partial charge in [-0.25, -0.2) is 0 Å². The van der Waals surface area contributed by atoms with Crippen molar-refractivity contribution in [3.63, 3.8) is 0 Å². The number of nitrogens with zero attached hydrogens (tertiary/aromatic N) is 4. The van der Waals surface area contributed by atoms with Crippen LogP contribution >= 0.6 is 11.8 Å². The van der Waals surface area contributed by atoms with Crippen molar-refractivity contribution < 1.29 is 9.21 Å². The van der Waals surface area contributed by atoms with Gasteiger partial charge in [-0.05, 0) is 49.8 Å². The van der Waals surface area contributed by atoms with Crippen molar-refractivity contribution in [1.29, 1.82) is 0 Å². The van der Waals surface area contributed by atoms with Crippen LogP contribution in [0.2, 0.25) is 0 Å². The van der Waals surface area contributed by atoms with Crippen molar-refractivity contribution in [2.45, 2.75) is 36.7 Å². The van der Waals surface area contributed by atoms with E-state index in [2.05, 4.69) is 39.4 Å². The number of aromatic nitrogens is 3. The summed E-state index contributed by atoms with van der Waals surface area (Å²) < 4.78 is 5.69. The van der Waals surface area contributed by atoms with E-state index >= 15 is 0 Å². The summed E-state index contributed by atoms with van der Waals surface area (Å²) >= 11 is 1.31. The van der Waals surface area contributed by atoms with Crippen molar-refractivity contribution in [1.82, 2.24) is 20.1 Å². The fraction of sp³-hybridized carbons (Fsp3) is 0.364. The number of carbonyl (C=O) groups is 1. The van der Waals surface area contributed by atoms with Crippen molar-refractivity contribution in [3.8, 4) is 11.5 Å². The van der Waals surface area contributed by atoms with E-state index in [0.717, 1.165) is 37.9 Å². The van der Waals surface area contributed by atoms with Crippen LogP contribution in [0.25, 0.3) is 11.5 Å². The summed E-state index contributed by atoms with van der Waals surface area (Å²) in [4.78, 5) is 18.9. The Morgan fingerprint density at radius 3 is 2.69 bits per heavy atom. The number of piperidine rings is 1. The zero-order chi connectivity index (χ0) is 20.1. The summed E-state index contributed by atoms with van der Waals surface area (Å²) in [5.41, 5.74) is 2.15. The lowest BCUT2D eigenvalue weighted by atomic mass is 9.90. The number of pyridine rings is 1. The number of thioether (sulfide) groups is 1. The zero-order valence-electron chi connectivity index (χ0n) is 16.4. The summed E-state index contributed by atoms with van der Waals surface area (Å²) in [6.07, 6.45) is 6.55. The third-order valence-electron chi connectivity index (χ3n) is 5.23. The van der Waals surface area contributed by atoms with Crippen LogP contribution in [-0.4, -0.2) is 44.3 Å².